The Labute approximate surface area is 243 Å². The predicted molar refractivity (Wildman–Crippen MR) is 171 cm³/mol. The second-order valence-corrected chi connectivity index (χ2v) is 10.7. The molecule has 3 rings (SSSR count). The molecular weight excluding hydrogens is 498 g/mol. The molecule has 39 heavy (non-hydrogen) atoms. The Hall–Kier alpha value is -2.55. The molecule has 0 N–H and O–H groups in total. The number of rotatable bonds is 19. The summed E-state index contributed by atoms with van der Waals surface area (Å²) in [4.78, 5) is 2.53. The second kappa shape index (κ2) is 18.7. The molecule has 0 aliphatic rings. The second-order valence-electron chi connectivity index (χ2n) is 10.4. The molecule has 0 aromatic heterocycles. The van der Waals surface area contributed by atoms with Gasteiger partial charge >= 0.3 is 0 Å². The zero-order valence-electron chi connectivity index (χ0n) is 24.2. The minimum absolute atomic E-state index is 0.755. The quantitative estimate of drug-likeness (QED) is 0.110. The molecule has 0 aliphatic carbocycles. The van der Waals surface area contributed by atoms with Gasteiger partial charge in [-0.3, -0.25) is 0 Å². The lowest BCUT2D eigenvalue weighted by molar-refractivity contribution is 0.295. The highest BCUT2D eigenvalue weighted by atomic mass is 35.5. The van der Waals surface area contributed by atoms with Crippen molar-refractivity contribution >= 4 is 22.2 Å². The summed E-state index contributed by atoms with van der Waals surface area (Å²) in [5.74, 6) is 0.919. The molecule has 3 heteroatoms. The summed E-state index contributed by atoms with van der Waals surface area (Å²) in [7, 11) is 0. The van der Waals surface area contributed by atoms with E-state index in [2.05, 4.69) is 79.4 Å². The third-order valence-corrected chi connectivity index (χ3v) is 7.89. The fourth-order valence-corrected chi connectivity index (χ4v) is 5.40. The largest absolute Gasteiger partial charge is 0.494 e. The van der Waals surface area contributed by atoms with Gasteiger partial charge in [0.25, 0.3) is 0 Å². The lowest BCUT2D eigenvalue weighted by atomic mass is 9.95. The van der Waals surface area contributed by atoms with Crippen LogP contribution in [0.5, 0.6) is 5.75 Å². The fourth-order valence-electron chi connectivity index (χ4n) is 5.05. The van der Waals surface area contributed by atoms with Crippen molar-refractivity contribution in [1.82, 2.24) is 4.90 Å². The normalized spacial score (nSPS) is 12.0. The van der Waals surface area contributed by atoms with E-state index in [1.54, 1.807) is 0 Å². The number of nitrogens with zero attached hydrogens (tertiary/aromatic N) is 1. The summed E-state index contributed by atoms with van der Waals surface area (Å²) in [6.07, 6.45) is 13.3. The molecular formula is C36H48ClNO. The minimum atomic E-state index is 0.755. The topological polar surface area (TPSA) is 12.5 Å². The van der Waals surface area contributed by atoms with Crippen molar-refractivity contribution in [3.05, 3.63) is 102 Å². The first kappa shape index (κ1) is 31.0. The van der Waals surface area contributed by atoms with Gasteiger partial charge < -0.3 is 9.64 Å². The van der Waals surface area contributed by atoms with Crippen molar-refractivity contribution in [2.45, 2.75) is 78.1 Å². The van der Waals surface area contributed by atoms with Gasteiger partial charge in [-0.2, -0.15) is 0 Å². The molecule has 0 saturated carbocycles. The highest BCUT2D eigenvalue weighted by Gasteiger charge is 2.12. The van der Waals surface area contributed by atoms with Crippen molar-refractivity contribution in [1.29, 1.82) is 0 Å². The lowest BCUT2D eigenvalue weighted by Gasteiger charge is -2.17. The SMILES string of the molecule is CCN(CC)CCCCCCCCCCCCOc1ccc(/C(=C(/Cl)c2ccccc2)c2ccccc2)cc1. The van der Waals surface area contributed by atoms with E-state index in [1.165, 1.54) is 77.4 Å². The summed E-state index contributed by atoms with van der Waals surface area (Å²) in [5.41, 5.74) is 4.25. The highest BCUT2D eigenvalue weighted by molar-refractivity contribution is 6.53. The molecule has 0 saturated heterocycles. The third kappa shape index (κ3) is 11.2. The Morgan fingerprint density at radius 1 is 0.564 bits per heavy atom. The van der Waals surface area contributed by atoms with Gasteiger partial charge in [0, 0.05) is 5.57 Å². The maximum absolute atomic E-state index is 6.94. The van der Waals surface area contributed by atoms with Crippen LogP contribution in [0.3, 0.4) is 0 Å². The molecule has 0 atom stereocenters. The first-order valence-corrected chi connectivity index (χ1v) is 15.6. The van der Waals surface area contributed by atoms with E-state index in [0.29, 0.717) is 0 Å². The standard InChI is InChI=1S/C36H48ClNO/c1-3-38(4-2)29-19-11-9-7-5-6-8-10-12-20-30-39-34-27-25-32(26-28-34)35(31-21-15-13-16-22-31)36(37)33-23-17-14-18-24-33/h13-18,21-28H,3-12,19-20,29-30H2,1-2H3/b36-35+. The maximum atomic E-state index is 6.94. The Kier molecular flexibility index (Phi) is 14.8. The van der Waals surface area contributed by atoms with E-state index in [9.17, 15) is 0 Å². The number of ether oxygens (including phenoxy) is 1. The lowest BCUT2D eigenvalue weighted by Crippen LogP contribution is -2.23. The first-order valence-electron chi connectivity index (χ1n) is 15.2. The average molecular weight is 546 g/mol. The molecule has 0 bridgehead atoms. The number of unbranched alkanes of at least 4 members (excludes halogenated alkanes) is 9. The predicted octanol–water partition coefficient (Wildman–Crippen LogP) is 10.5. The van der Waals surface area contributed by atoms with Gasteiger partial charge in [0.2, 0.25) is 0 Å². The Morgan fingerprint density at radius 2 is 1.03 bits per heavy atom. The molecule has 0 spiro atoms. The fraction of sp³-hybridized carbons (Fsp3) is 0.444. The van der Waals surface area contributed by atoms with Crippen LogP contribution in [-0.4, -0.2) is 31.1 Å². The third-order valence-electron chi connectivity index (χ3n) is 7.48. The van der Waals surface area contributed by atoms with E-state index in [4.69, 9.17) is 16.3 Å². The van der Waals surface area contributed by atoms with Gasteiger partial charge in [-0.05, 0) is 61.3 Å². The molecule has 0 fully saturated rings. The molecule has 0 aliphatic heterocycles. The molecule has 0 unspecified atom stereocenters. The Bertz CT molecular complexity index is 1060. The zero-order valence-corrected chi connectivity index (χ0v) is 25.0. The average Bonchev–Trinajstić information content (AvgIpc) is 2.99. The zero-order chi connectivity index (χ0) is 27.5. The molecule has 0 heterocycles. The maximum Gasteiger partial charge on any atom is 0.119 e. The van der Waals surface area contributed by atoms with Crippen LogP contribution in [0.25, 0.3) is 10.6 Å². The van der Waals surface area contributed by atoms with E-state index >= 15 is 0 Å². The summed E-state index contributed by atoms with van der Waals surface area (Å²) in [6, 6.07) is 28.9. The van der Waals surface area contributed by atoms with Crippen LogP contribution in [0.1, 0.15) is 94.7 Å². The van der Waals surface area contributed by atoms with Crippen LogP contribution < -0.4 is 4.74 Å². The van der Waals surface area contributed by atoms with E-state index in [1.807, 2.05) is 24.3 Å². The highest BCUT2D eigenvalue weighted by Crippen LogP contribution is 2.35. The van der Waals surface area contributed by atoms with E-state index in [0.717, 1.165) is 46.1 Å². The minimum Gasteiger partial charge on any atom is -0.494 e. The van der Waals surface area contributed by atoms with E-state index in [-0.39, 0.29) is 0 Å². The molecule has 3 aromatic rings. The number of hydrogen-bond donors (Lipinski definition) is 0. The van der Waals surface area contributed by atoms with Crippen molar-refractivity contribution in [2.24, 2.45) is 0 Å². The van der Waals surface area contributed by atoms with Crippen LogP contribution in [0.15, 0.2) is 84.9 Å². The van der Waals surface area contributed by atoms with E-state index < -0.39 is 0 Å². The summed E-state index contributed by atoms with van der Waals surface area (Å²) in [5, 5.41) is 0.755. The molecule has 210 valence electrons. The smallest absolute Gasteiger partial charge is 0.119 e. The molecule has 3 aromatic carbocycles. The van der Waals surface area contributed by atoms with Crippen molar-refractivity contribution in [3.8, 4) is 5.75 Å². The van der Waals surface area contributed by atoms with Crippen molar-refractivity contribution < 1.29 is 4.74 Å². The van der Waals surface area contributed by atoms with Crippen molar-refractivity contribution in [3.63, 3.8) is 0 Å². The molecule has 2 nitrogen and oxygen atoms in total. The van der Waals surface area contributed by atoms with Gasteiger partial charge in [-0.1, -0.05) is 150 Å². The van der Waals surface area contributed by atoms with Gasteiger partial charge in [-0.15, -0.1) is 0 Å². The van der Waals surface area contributed by atoms with Crippen LogP contribution in [0.2, 0.25) is 0 Å². The van der Waals surface area contributed by atoms with Crippen molar-refractivity contribution in [2.75, 3.05) is 26.2 Å². The first-order chi connectivity index (χ1) is 19.2. The summed E-state index contributed by atoms with van der Waals surface area (Å²) >= 11 is 6.94. The monoisotopic (exact) mass is 545 g/mol. The van der Waals surface area contributed by atoms with Crippen LogP contribution in [-0.2, 0) is 0 Å². The summed E-state index contributed by atoms with van der Waals surface area (Å²) < 4.78 is 6.05. The Morgan fingerprint density at radius 3 is 1.56 bits per heavy atom. The summed E-state index contributed by atoms with van der Waals surface area (Å²) in [6.45, 7) is 8.94. The van der Waals surface area contributed by atoms with Crippen LogP contribution >= 0.6 is 11.6 Å². The Balaban J connectivity index is 1.35. The van der Waals surface area contributed by atoms with Gasteiger partial charge in [0.15, 0.2) is 0 Å². The number of benzene rings is 3. The van der Waals surface area contributed by atoms with Gasteiger partial charge in [0.05, 0.1) is 11.6 Å². The molecule has 0 radical (unpaired) electrons. The van der Waals surface area contributed by atoms with Crippen LogP contribution in [0.4, 0.5) is 0 Å². The number of hydrogen-bond acceptors (Lipinski definition) is 2. The van der Waals surface area contributed by atoms with Gasteiger partial charge in [-0.25, -0.2) is 0 Å². The number of halogens is 1. The molecule has 0 amide bonds. The van der Waals surface area contributed by atoms with Crippen LogP contribution in [0, 0.1) is 0 Å². The van der Waals surface area contributed by atoms with Gasteiger partial charge in [0.1, 0.15) is 5.75 Å².